The second-order valence-corrected chi connectivity index (χ2v) is 6.76. The van der Waals surface area contributed by atoms with Gasteiger partial charge in [0.25, 0.3) is 0 Å². The molecule has 0 spiro atoms. The van der Waals surface area contributed by atoms with Gasteiger partial charge in [0.1, 0.15) is 5.82 Å². The van der Waals surface area contributed by atoms with Gasteiger partial charge in [-0.1, -0.05) is 0 Å². The van der Waals surface area contributed by atoms with Crippen LogP contribution in [0.3, 0.4) is 0 Å². The Morgan fingerprint density at radius 1 is 1.42 bits per heavy atom. The molecule has 2 heterocycles. The highest BCUT2D eigenvalue weighted by molar-refractivity contribution is 7.91. The van der Waals surface area contributed by atoms with Gasteiger partial charge < -0.3 is 10.6 Å². The zero-order valence-electron chi connectivity index (χ0n) is 10.4. The van der Waals surface area contributed by atoms with E-state index in [1.165, 1.54) is 0 Å². The molecule has 1 radical (unpaired) electrons. The summed E-state index contributed by atoms with van der Waals surface area (Å²) >= 11 is 0. The Hall–Kier alpha value is -1.63. The number of rotatable bonds is 4. The van der Waals surface area contributed by atoms with Crippen LogP contribution in [0.5, 0.6) is 0 Å². The third-order valence-electron chi connectivity index (χ3n) is 2.98. The molecule has 2 N–H and O–H groups in total. The highest BCUT2D eigenvalue weighted by Gasteiger charge is 2.22. The van der Waals surface area contributed by atoms with Crippen molar-refractivity contribution in [1.29, 1.82) is 0 Å². The monoisotopic (exact) mass is 282 g/mol. The number of amides is 1. The molecular formula is C12H16N3O3S. The lowest BCUT2D eigenvalue weighted by molar-refractivity contribution is -0.117. The molecule has 0 bridgehead atoms. The fourth-order valence-electron chi connectivity index (χ4n) is 1.89. The molecule has 19 heavy (non-hydrogen) atoms. The molecule has 1 amide bonds. The molecule has 0 atom stereocenters. The van der Waals surface area contributed by atoms with Gasteiger partial charge in [-0.15, -0.1) is 0 Å². The van der Waals surface area contributed by atoms with Crippen molar-refractivity contribution >= 4 is 21.6 Å². The summed E-state index contributed by atoms with van der Waals surface area (Å²) in [5.41, 5.74) is 5.95. The molecule has 1 aliphatic rings. The highest BCUT2D eigenvalue weighted by atomic mass is 32.2. The maximum Gasteiger partial charge on any atom is 0.218 e. The van der Waals surface area contributed by atoms with E-state index in [1.54, 1.807) is 18.7 Å². The minimum atomic E-state index is -2.89. The van der Waals surface area contributed by atoms with E-state index in [9.17, 15) is 13.2 Å². The van der Waals surface area contributed by atoms with Gasteiger partial charge in [0.15, 0.2) is 9.84 Å². The van der Waals surface area contributed by atoms with Gasteiger partial charge in [-0.05, 0) is 17.7 Å². The summed E-state index contributed by atoms with van der Waals surface area (Å²) in [6, 6.07) is 3.62. The normalized spacial score (nSPS) is 18.2. The van der Waals surface area contributed by atoms with Crippen LogP contribution in [0.2, 0.25) is 0 Å². The average molecular weight is 282 g/mol. The molecule has 0 aliphatic carbocycles. The van der Waals surface area contributed by atoms with E-state index in [0.717, 1.165) is 11.4 Å². The first-order valence-electron chi connectivity index (χ1n) is 5.99. The van der Waals surface area contributed by atoms with Gasteiger partial charge >= 0.3 is 0 Å². The molecule has 1 saturated heterocycles. The van der Waals surface area contributed by atoms with Crippen LogP contribution in [0.1, 0.15) is 12.0 Å². The zero-order chi connectivity index (χ0) is 13.9. The van der Waals surface area contributed by atoms with E-state index in [4.69, 9.17) is 5.73 Å². The van der Waals surface area contributed by atoms with E-state index in [2.05, 4.69) is 4.98 Å². The molecule has 0 saturated carbocycles. The number of pyridine rings is 1. The van der Waals surface area contributed by atoms with Crippen LogP contribution >= 0.6 is 0 Å². The highest BCUT2D eigenvalue weighted by Crippen LogP contribution is 2.17. The Morgan fingerprint density at radius 2 is 2.11 bits per heavy atom. The molecule has 1 fully saturated rings. The number of hydrogen-bond donors (Lipinski definition) is 1. The van der Waals surface area contributed by atoms with E-state index in [0.29, 0.717) is 13.1 Å². The summed E-state index contributed by atoms with van der Waals surface area (Å²) in [5.74, 6) is 0.656. The van der Waals surface area contributed by atoms with Gasteiger partial charge in [-0.25, -0.2) is 13.4 Å². The molecule has 0 unspecified atom stereocenters. The first kappa shape index (κ1) is 13.8. The standard InChI is InChI=1S/C12H16N3O3S/c13-11(16)2-1-10-3-4-14-12(9-10)15-5-7-19(17,18)8-6-15/h1,3-4,9H,2,5-8H2,(H2,13,16). The van der Waals surface area contributed by atoms with E-state index in [-0.39, 0.29) is 23.8 Å². The number of nitrogens with two attached hydrogens (primary N) is 1. The lowest BCUT2D eigenvalue weighted by Gasteiger charge is -2.27. The van der Waals surface area contributed by atoms with Crippen molar-refractivity contribution in [2.75, 3.05) is 29.5 Å². The number of primary amides is 1. The molecule has 7 heteroatoms. The van der Waals surface area contributed by atoms with E-state index in [1.807, 2.05) is 11.0 Å². The van der Waals surface area contributed by atoms with Crippen molar-refractivity contribution in [1.82, 2.24) is 4.98 Å². The number of carbonyl (C=O) groups excluding carboxylic acids is 1. The first-order chi connectivity index (χ1) is 8.96. The number of carbonyl (C=O) groups is 1. The van der Waals surface area contributed by atoms with Crippen LogP contribution in [-0.4, -0.2) is 43.9 Å². The van der Waals surface area contributed by atoms with Crippen molar-refractivity contribution < 1.29 is 13.2 Å². The van der Waals surface area contributed by atoms with Gasteiger partial charge in [0.05, 0.1) is 11.5 Å². The maximum absolute atomic E-state index is 11.4. The summed E-state index contributed by atoms with van der Waals surface area (Å²) in [6.07, 6.45) is 3.55. The lowest BCUT2D eigenvalue weighted by atomic mass is 10.1. The summed E-state index contributed by atoms with van der Waals surface area (Å²) < 4.78 is 22.7. The van der Waals surface area contributed by atoms with Gasteiger partial charge in [0, 0.05) is 32.1 Å². The third-order valence-corrected chi connectivity index (χ3v) is 4.59. The van der Waals surface area contributed by atoms with Crippen molar-refractivity contribution in [3.63, 3.8) is 0 Å². The van der Waals surface area contributed by atoms with Crippen LogP contribution < -0.4 is 10.6 Å². The van der Waals surface area contributed by atoms with Crippen LogP contribution in [0.4, 0.5) is 5.82 Å². The second-order valence-electron chi connectivity index (χ2n) is 4.46. The van der Waals surface area contributed by atoms with E-state index >= 15 is 0 Å². The third kappa shape index (κ3) is 3.92. The Balaban J connectivity index is 2.05. The summed E-state index contributed by atoms with van der Waals surface area (Å²) in [4.78, 5) is 16.9. The molecule has 103 valence electrons. The number of nitrogens with zero attached hydrogens (tertiary/aromatic N) is 2. The van der Waals surface area contributed by atoms with Crippen molar-refractivity contribution in [3.05, 3.63) is 30.3 Å². The van der Waals surface area contributed by atoms with Crippen LogP contribution in [0, 0.1) is 6.42 Å². The smallest absolute Gasteiger partial charge is 0.218 e. The molecule has 1 aromatic heterocycles. The fourth-order valence-corrected chi connectivity index (χ4v) is 3.10. The van der Waals surface area contributed by atoms with E-state index < -0.39 is 9.84 Å². The molecule has 6 nitrogen and oxygen atoms in total. The van der Waals surface area contributed by atoms with Gasteiger partial charge in [-0.2, -0.15) is 0 Å². The van der Waals surface area contributed by atoms with Crippen molar-refractivity contribution in [3.8, 4) is 0 Å². The van der Waals surface area contributed by atoms with Gasteiger partial charge in [-0.3, -0.25) is 4.79 Å². The predicted molar refractivity (Wildman–Crippen MR) is 72.3 cm³/mol. The molecule has 1 aliphatic heterocycles. The molecule has 2 rings (SSSR count). The summed E-state index contributed by atoms with van der Waals surface area (Å²) in [7, 11) is -2.89. The van der Waals surface area contributed by atoms with Crippen LogP contribution in [0.25, 0.3) is 0 Å². The second kappa shape index (κ2) is 5.56. The SMILES string of the molecule is NC(=O)C[CH]c1ccnc(N2CCS(=O)(=O)CC2)c1. The quantitative estimate of drug-likeness (QED) is 0.821. The Morgan fingerprint density at radius 3 is 2.74 bits per heavy atom. The van der Waals surface area contributed by atoms with Gasteiger partial charge in [0.2, 0.25) is 5.91 Å². The summed E-state index contributed by atoms with van der Waals surface area (Å²) in [5, 5.41) is 0. The first-order valence-corrected chi connectivity index (χ1v) is 7.81. The zero-order valence-corrected chi connectivity index (χ0v) is 11.3. The lowest BCUT2D eigenvalue weighted by Crippen LogP contribution is -2.40. The maximum atomic E-state index is 11.4. The minimum absolute atomic E-state index is 0.157. The van der Waals surface area contributed by atoms with Crippen molar-refractivity contribution in [2.24, 2.45) is 5.73 Å². The Kier molecular flexibility index (Phi) is 4.04. The molecule has 1 aromatic rings. The van der Waals surface area contributed by atoms with Crippen LogP contribution in [-0.2, 0) is 14.6 Å². The minimum Gasteiger partial charge on any atom is -0.370 e. The Labute approximate surface area is 112 Å². The summed E-state index contributed by atoms with van der Waals surface area (Å²) in [6.45, 7) is 0.906. The topological polar surface area (TPSA) is 93.4 Å². The number of sulfone groups is 1. The number of aromatic nitrogens is 1. The molecular weight excluding hydrogens is 266 g/mol. The average Bonchev–Trinajstić information content (AvgIpc) is 2.37. The Bertz CT molecular complexity index is 557. The van der Waals surface area contributed by atoms with Crippen molar-refractivity contribution in [2.45, 2.75) is 6.42 Å². The number of hydrogen-bond acceptors (Lipinski definition) is 5. The largest absolute Gasteiger partial charge is 0.370 e. The number of anilines is 1. The fraction of sp³-hybridized carbons (Fsp3) is 0.417. The predicted octanol–water partition coefficient (Wildman–Crippen LogP) is -0.256. The van der Waals surface area contributed by atoms with Crippen LogP contribution in [0.15, 0.2) is 18.3 Å². The molecule has 0 aromatic carbocycles.